The maximum atomic E-state index is 14.0. The highest BCUT2D eigenvalue weighted by molar-refractivity contribution is 5.10. The van der Waals surface area contributed by atoms with Crippen molar-refractivity contribution in [3.8, 4) is 0 Å². The lowest BCUT2D eigenvalue weighted by Crippen LogP contribution is -2.70. The molecule has 2 heterocycles. The Morgan fingerprint density at radius 3 is 1.67 bits per heavy atom. The molecule has 0 N–H and O–H groups in total. The van der Waals surface area contributed by atoms with Crippen LogP contribution in [-0.2, 0) is 18.9 Å². The molecule has 17 heteroatoms. The van der Waals surface area contributed by atoms with E-state index < -0.39 is 79.0 Å². The Hall–Kier alpha value is -1.07. The minimum Gasteiger partial charge on any atom is -0.376 e. The molecule has 2 fully saturated rings. The molecule has 0 aromatic heterocycles. The second-order valence-electron chi connectivity index (χ2n) is 7.88. The van der Waals surface area contributed by atoms with Crippen molar-refractivity contribution in [2.45, 2.75) is 92.9 Å². The molecule has 2 saturated heterocycles. The lowest BCUT2D eigenvalue weighted by molar-refractivity contribution is -0.440. The molecule has 0 unspecified atom stereocenters. The Labute approximate surface area is 177 Å². The number of ether oxygens (including phenoxy) is 4. The largest absolute Gasteiger partial charge is 0.460 e. The molecule has 0 saturated carbocycles. The monoisotopic (exact) mass is 520 g/mol. The van der Waals surface area contributed by atoms with Gasteiger partial charge in [-0.2, -0.15) is 57.1 Å². The van der Waals surface area contributed by atoms with E-state index in [0.717, 1.165) is 7.11 Å². The van der Waals surface area contributed by atoms with E-state index in [1.54, 1.807) is 0 Å². The minimum absolute atomic E-state index is 1.01. The first-order valence-corrected chi connectivity index (χ1v) is 8.96. The van der Waals surface area contributed by atoms with E-state index in [-0.39, 0.29) is 0 Å². The van der Waals surface area contributed by atoms with Gasteiger partial charge in [0.25, 0.3) is 0 Å². The van der Waals surface area contributed by atoms with E-state index in [4.69, 9.17) is 18.9 Å². The van der Waals surface area contributed by atoms with E-state index in [2.05, 4.69) is 0 Å². The summed E-state index contributed by atoms with van der Waals surface area (Å²) < 4.78 is 192. The summed E-state index contributed by atoms with van der Waals surface area (Å²) in [7, 11) is 1.01. The highest BCUT2D eigenvalue weighted by atomic mass is 19.4. The molecule has 0 amide bonds. The highest BCUT2D eigenvalue weighted by Gasteiger charge is 2.90. The van der Waals surface area contributed by atoms with Crippen molar-refractivity contribution in [1.82, 2.24) is 0 Å². The number of alkyl halides is 13. The van der Waals surface area contributed by atoms with Crippen LogP contribution in [0.2, 0.25) is 0 Å². The summed E-state index contributed by atoms with van der Waals surface area (Å²) in [5.41, 5.74) is 0. The molecule has 33 heavy (non-hydrogen) atoms. The highest BCUT2D eigenvalue weighted by Crippen LogP contribution is 2.61. The zero-order valence-electron chi connectivity index (χ0n) is 16.8. The Bertz CT molecular complexity index is 722. The van der Waals surface area contributed by atoms with Crippen molar-refractivity contribution in [2.24, 2.45) is 0 Å². The van der Waals surface area contributed by atoms with Gasteiger partial charge in [0.05, 0.1) is 6.10 Å². The third kappa shape index (κ3) is 4.26. The first-order valence-electron chi connectivity index (χ1n) is 8.96. The van der Waals surface area contributed by atoms with Crippen LogP contribution < -0.4 is 0 Å². The number of fused-ring (bicyclic) bond motifs is 1. The second kappa shape index (κ2) is 7.98. The quantitative estimate of drug-likeness (QED) is 0.402. The fraction of sp³-hybridized carbons (Fsp3) is 1.00. The summed E-state index contributed by atoms with van der Waals surface area (Å²) in [6, 6.07) is 0. The minimum atomic E-state index is -7.92. The van der Waals surface area contributed by atoms with Gasteiger partial charge in [-0.3, -0.25) is 0 Å². The molecule has 0 radical (unpaired) electrons. The Kier molecular flexibility index (Phi) is 6.81. The van der Waals surface area contributed by atoms with Crippen LogP contribution in [0.4, 0.5) is 57.1 Å². The van der Waals surface area contributed by atoms with Crippen LogP contribution in [0, 0.1) is 0 Å². The molecular formula is C16H17F13O4. The van der Waals surface area contributed by atoms with Crippen molar-refractivity contribution in [3.63, 3.8) is 0 Å². The Morgan fingerprint density at radius 2 is 1.21 bits per heavy atom. The van der Waals surface area contributed by atoms with Gasteiger partial charge in [-0.25, -0.2) is 0 Å². The van der Waals surface area contributed by atoms with Gasteiger partial charge >= 0.3 is 35.8 Å². The molecule has 4 nitrogen and oxygen atoms in total. The molecule has 0 aromatic rings. The van der Waals surface area contributed by atoms with Crippen LogP contribution in [0.3, 0.4) is 0 Å². The first-order chi connectivity index (χ1) is 14.5. The molecule has 0 bridgehead atoms. The molecule has 0 aliphatic carbocycles. The number of hydrogen-bond acceptors (Lipinski definition) is 4. The van der Waals surface area contributed by atoms with Crippen molar-refractivity contribution in [3.05, 3.63) is 0 Å². The average Bonchev–Trinajstić information content (AvgIpc) is 3.08. The van der Waals surface area contributed by atoms with Crippen molar-refractivity contribution in [2.75, 3.05) is 7.11 Å². The molecule has 2 rings (SSSR count). The molecular weight excluding hydrogens is 503 g/mol. The standard InChI is InChI=1S/C16H17F13O4/c1-10(2)32-8-7(30-3)6(31-9(8)33-10)4-5-11(17,18)12(19,20)13(21,22)14(23,24)15(25,26)16(27,28)29/h6-9H,4-5H2,1-3H3/t6-,7+,8-,9-/m1/s1. The third-order valence-electron chi connectivity index (χ3n) is 5.10. The number of rotatable bonds is 8. The van der Waals surface area contributed by atoms with Gasteiger partial charge < -0.3 is 18.9 Å². The van der Waals surface area contributed by atoms with Crippen LogP contribution in [0.5, 0.6) is 0 Å². The van der Waals surface area contributed by atoms with Crippen molar-refractivity contribution in [1.29, 1.82) is 0 Å². The van der Waals surface area contributed by atoms with Crippen LogP contribution >= 0.6 is 0 Å². The fourth-order valence-corrected chi connectivity index (χ4v) is 3.35. The van der Waals surface area contributed by atoms with Gasteiger partial charge in [0.2, 0.25) is 0 Å². The van der Waals surface area contributed by atoms with Gasteiger partial charge in [-0.15, -0.1) is 0 Å². The smallest absolute Gasteiger partial charge is 0.376 e. The van der Waals surface area contributed by atoms with Gasteiger partial charge in [-0.05, 0) is 20.3 Å². The molecule has 2 aliphatic heterocycles. The van der Waals surface area contributed by atoms with Crippen molar-refractivity contribution < 1.29 is 76.0 Å². The molecule has 0 aromatic carbocycles. The average molecular weight is 520 g/mol. The lowest BCUT2D eigenvalue weighted by Gasteiger charge is -2.40. The molecule has 196 valence electrons. The zero-order valence-corrected chi connectivity index (χ0v) is 16.8. The SMILES string of the molecule is CO[C@@H]1[C@H]2OC(C)(C)O[C@H]2O[C@@H]1CCC(F)(F)C(F)(F)C(F)(F)C(F)(F)C(F)(F)C(F)(F)F. The summed E-state index contributed by atoms with van der Waals surface area (Å²) in [6.45, 7) is 2.84. The number of halogens is 13. The third-order valence-corrected chi connectivity index (χ3v) is 5.10. The van der Waals surface area contributed by atoms with E-state index >= 15 is 0 Å². The van der Waals surface area contributed by atoms with Gasteiger partial charge in [0.15, 0.2) is 12.1 Å². The summed E-state index contributed by atoms with van der Waals surface area (Å²) in [5, 5.41) is 0. The normalized spacial score (nSPS) is 29.5. The van der Waals surface area contributed by atoms with Crippen molar-refractivity contribution >= 4 is 0 Å². The predicted octanol–water partition coefficient (Wildman–Crippen LogP) is 5.40. The Balaban J connectivity index is 2.23. The number of methoxy groups -OCH3 is 1. The Morgan fingerprint density at radius 1 is 0.727 bits per heavy atom. The maximum absolute atomic E-state index is 14.0. The molecule has 4 atom stereocenters. The topological polar surface area (TPSA) is 36.9 Å². The van der Waals surface area contributed by atoms with E-state index in [1.807, 2.05) is 0 Å². The van der Waals surface area contributed by atoms with E-state index in [9.17, 15) is 57.1 Å². The van der Waals surface area contributed by atoms with Gasteiger partial charge in [-0.1, -0.05) is 0 Å². The molecule has 2 aliphatic rings. The van der Waals surface area contributed by atoms with E-state index in [0.29, 0.717) is 0 Å². The predicted molar refractivity (Wildman–Crippen MR) is 79.5 cm³/mol. The summed E-state index contributed by atoms with van der Waals surface area (Å²) >= 11 is 0. The summed E-state index contributed by atoms with van der Waals surface area (Å²) in [6.07, 6.45) is -16.3. The van der Waals surface area contributed by atoms with Crippen LogP contribution in [0.1, 0.15) is 26.7 Å². The summed E-state index contributed by atoms with van der Waals surface area (Å²) in [4.78, 5) is 0. The molecule has 0 spiro atoms. The summed E-state index contributed by atoms with van der Waals surface area (Å²) in [5.74, 6) is -38.2. The van der Waals surface area contributed by atoms with E-state index in [1.165, 1.54) is 13.8 Å². The zero-order chi connectivity index (χ0) is 26.1. The number of hydrogen-bond donors (Lipinski definition) is 0. The van der Waals surface area contributed by atoms with Gasteiger partial charge in [0.1, 0.15) is 12.2 Å². The second-order valence-corrected chi connectivity index (χ2v) is 7.88. The van der Waals surface area contributed by atoms with Crippen LogP contribution in [-0.4, -0.2) is 73.3 Å². The van der Waals surface area contributed by atoms with Crippen LogP contribution in [0.25, 0.3) is 0 Å². The first kappa shape index (κ1) is 28.2. The van der Waals surface area contributed by atoms with Crippen LogP contribution in [0.15, 0.2) is 0 Å². The fourth-order valence-electron chi connectivity index (χ4n) is 3.35. The maximum Gasteiger partial charge on any atom is 0.460 e. The lowest BCUT2D eigenvalue weighted by atomic mass is 9.91. The van der Waals surface area contributed by atoms with Gasteiger partial charge in [0, 0.05) is 13.5 Å².